The summed E-state index contributed by atoms with van der Waals surface area (Å²) in [6, 6.07) is 6.95. The molecule has 0 unspecified atom stereocenters. The Morgan fingerprint density at radius 3 is 2.75 bits per heavy atom. The average molecular weight is 272 g/mol. The van der Waals surface area contributed by atoms with Gasteiger partial charge in [0.2, 0.25) is 5.95 Å². The van der Waals surface area contributed by atoms with Gasteiger partial charge in [-0.15, -0.1) is 0 Å². The second kappa shape index (κ2) is 6.10. The second-order valence-corrected chi connectivity index (χ2v) is 3.61. The van der Waals surface area contributed by atoms with Crippen molar-refractivity contribution in [3.63, 3.8) is 0 Å². The van der Waals surface area contributed by atoms with E-state index >= 15 is 0 Å². The highest BCUT2D eigenvalue weighted by Crippen LogP contribution is 2.09. The molecule has 0 aliphatic carbocycles. The number of nitrogens with zero attached hydrogens (tertiary/aromatic N) is 3. The molecule has 0 atom stereocenters. The van der Waals surface area contributed by atoms with E-state index in [1.54, 1.807) is 6.07 Å². The zero-order chi connectivity index (χ0) is 14.4. The van der Waals surface area contributed by atoms with Crippen LogP contribution in [0.2, 0.25) is 0 Å². The highest BCUT2D eigenvalue weighted by molar-refractivity contribution is 6.06. The Morgan fingerprint density at radius 2 is 2.15 bits per heavy atom. The summed E-state index contributed by atoms with van der Waals surface area (Å²) in [5.41, 5.74) is 0.225. The van der Waals surface area contributed by atoms with Crippen molar-refractivity contribution in [3.8, 4) is 6.07 Å². The van der Waals surface area contributed by atoms with Crippen molar-refractivity contribution >= 4 is 17.5 Å². The normalized spacial score (nSPS) is 10.7. The van der Waals surface area contributed by atoms with E-state index in [4.69, 9.17) is 5.26 Å². The Morgan fingerprint density at radius 1 is 1.40 bits per heavy atom. The number of halogens is 1. The van der Waals surface area contributed by atoms with Crippen LogP contribution in [0.1, 0.15) is 0 Å². The van der Waals surface area contributed by atoms with E-state index in [0.717, 1.165) is 0 Å². The van der Waals surface area contributed by atoms with Gasteiger partial charge in [0.15, 0.2) is 0 Å². The molecule has 0 aliphatic heterocycles. The van der Waals surface area contributed by atoms with E-state index in [0.29, 0.717) is 11.6 Å². The minimum Gasteiger partial charge on any atom is -0.330 e. The van der Waals surface area contributed by atoms with Crippen LogP contribution in [0, 0.1) is 17.1 Å². The van der Waals surface area contributed by atoms with Crippen LogP contribution >= 0.6 is 0 Å². The summed E-state index contributed by atoms with van der Waals surface area (Å²) in [6.45, 7) is 0. The Balaban J connectivity index is 2.04. The number of hydrogen-bond donors (Lipinski definition) is 3. The zero-order valence-corrected chi connectivity index (χ0v) is 10.1. The fourth-order valence-electron chi connectivity index (χ4n) is 1.30. The maximum absolute atomic E-state index is 12.7. The van der Waals surface area contributed by atoms with Crippen LogP contribution in [0.3, 0.4) is 0 Å². The molecule has 1 heterocycles. The molecular formula is C12H9FN6O. The molecule has 0 fully saturated rings. The van der Waals surface area contributed by atoms with Crippen LogP contribution < -0.4 is 10.6 Å². The number of nitrogens with one attached hydrogen (secondary N) is 3. The van der Waals surface area contributed by atoms with E-state index in [1.807, 2.05) is 0 Å². The van der Waals surface area contributed by atoms with Crippen molar-refractivity contribution in [2.24, 2.45) is 0 Å². The third-order valence-electron chi connectivity index (χ3n) is 2.24. The van der Waals surface area contributed by atoms with Crippen LogP contribution in [0.15, 0.2) is 42.4 Å². The first-order valence-corrected chi connectivity index (χ1v) is 5.48. The molecule has 2 rings (SSSR count). The Kier molecular flexibility index (Phi) is 4.04. The molecule has 0 radical (unpaired) electrons. The van der Waals surface area contributed by atoms with Crippen LogP contribution in [-0.2, 0) is 4.79 Å². The van der Waals surface area contributed by atoms with E-state index in [1.165, 1.54) is 36.8 Å². The fourth-order valence-corrected chi connectivity index (χ4v) is 1.30. The molecule has 0 aliphatic rings. The van der Waals surface area contributed by atoms with Gasteiger partial charge in [-0.3, -0.25) is 4.79 Å². The van der Waals surface area contributed by atoms with Gasteiger partial charge >= 0.3 is 0 Å². The molecule has 0 spiro atoms. The first-order valence-electron chi connectivity index (χ1n) is 5.48. The largest absolute Gasteiger partial charge is 0.330 e. The monoisotopic (exact) mass is 272 g/mol. The standard InChI is InChI=1S/C12H9FN6O/c13-9-1-3-10(4-2-9)18-11(20)8(5-14)6-15-12-16-7-17-19-12/h1-4,6-7H,(H,18,20)(H2,15,16,17,19)/b8-6-. The molecule has 2 aromatic rings. The summed E-state index contributed by atoms with van der Waals surface area (Å²) in [5, 5.41) is 20.1. The van der Waals surface area contributed by atoms with Gasteiger partial charge in [0.1, 0.15) is 23.8 Å². The number of carbonyl (C=O) groups is 1. The number of anilines is 2. The van der Waals surface area contributed by atoms with Crippen LogP contribution in [-0.4, -0.2) is 21.1 Å². The first-order chi connectivity index (χ1) is 9.69. The van der Waals surface area contributed by atoms with Crippen molar-refractivity contribution in [3.05, 3.63) is 48.2 Å². The molecule has 20 heavy (non-hydrogen) atoms. The highest BCUT2D eigenvalue weighted by atomic mass is 19.1. The molecule has 0 saturated carbocycles. The van der Waals surface area contributed by atoms with Gasteiger partial charge in [-0.05, 0) is 24.3 Å². The second-order valence-electron chi connectivity index (χ2n) is 3.61. The molecular weight excluding hydrogens is 263 g/mol. The number of amides is 1. The quantitative estimate of drug-likeness (QED) is 0.576. The maximum atomic E-state index is 12.7. The molecule has 100 valence electrons. The van der Waals surface area contributed by atoms with E-state index < -0.39 is 11.7 Å². The Hall–Kier alpha value is -3.21. The first kappa shape index (κ1) is 13.2. The predicted molar refractivity (Wildman–Crippen MR) is 68.7 cm³/mol. The summed E-state index contributed by atoms with van der Waals surface area (Å²) in [5.74, 6) is -0.732. The molecule has 1 aromatic carbocycles. The minimum atomic E-state index is -0.619. The molecule has 1 amide bonds. The number of aromatic nitrogens is 3. The Bertz CT molecular complexity index is 656. The molecule has 8 heteroatoms. The summed E-state index contributed by atoms with van der Waals surface area (Å²) < 4.78 is 12.7. The number of benzene rings is 1. The number of H-pyrrole nitrogens is 1. The Labute approximate surface area is 113 Å². The third kappa shape index (κ3) is 3.39. The SMILES string of the molecule is N#C/C(=C/Nc1ncn[nH]1)C(=O)Nc1ccc(F)cc1. The maximum Gasteiger partial charge on any atom is 0.267 e. The lowest BCUT2D eigenvalue weighted by molar-refractivity contribution is -0.112. The number of aromatic amines is 1. The lowest BCUT2D eigenvalue weighted by atomic mass is 10.2. The summed E-state index contributed by atoms with van der Waals surface area (Å²) in [6.07, 6.45) is 2.47. The molecule has 1 aromatic heterocycles. The van der Waals surface area contributed by atoms with Crippen LogP contribution in [0.5, 0.6) is 0 Å². The van der Waals surface area contributed by atoms with E-state index in [9.17, 15) is 9.18 Å². The molecule has 7 nitrogen and oxygen atoms in total. The number of hydrogen-bond acceptors (Lipinski definition) is 5. The minimum absolute atomic E-state index is 0.161. The van der Waals surface area contributed by atoms with Gasteiger partial charge < -0.3 is 10.6 Å². The van der Waals surface area contributed by atoms with Crippen molar-refractivity contribution < 1.29 is 9.18 Å². The molecule has 0 saturated heterocycles. The van der Waals surface area contributed by atoms with Gasteiger partial charge in [-0.2, -0.15) is 15.3 Å². The van der Waals surface area contributed by atoms with E-state index in [2.05, 4.69) is 25.8 Å². The summed E-state index contributed by atoms with van der Waals surface area (Å²) in [4.78, 5) is 15.6. The highest BCUT2D eigenvalue weighted by Gasteiger charge is 2.09. The summed E-state index contributed by atoms with van der Waals surface area (Å²) >= 11 is 0. The van der Waals surface area contributed by atoms with Gasteiger partial charge in [-0.1, -0.05) is 0 Å². The van der Waals surface area contributed by atoms with Crippen molar-refractivity contribution in [2.75, 3.05) is 10.6 Å². The van der Waals surface area contributed by atoms with Crippen molar-refractivity contribution in [2.45, 2.75) is 0 Å². The number of rotatable bonds is 4. The predicted octanol–water partition coefficient (Wildman–Crippen LogP) is 1.40. The van der Waals surface area contributed by atoms with Gasteiger partial charge in [-0.25, -0.2) is 9.49 Å². The van der Waals surface area contributed by atoms with Crippen molar-refractivity contribution in [1.82, 2.24) is 15.2 Å². The zero-order valence-electron chi connectivity index (χ0n) is 10.1. The average Bonchev–Trinajstić information content (AvgIpc) is 2.95. The molecule has 0 bridgehead atoms. The lowest BCUT2D eigenvalue weighted by Gasteiger charge is -2.04. The fraction of sp³-hybridized carbons (Fsp3) is 0. The van der Waals surface area contributed by atoms with E-state index in [-0.39, 0.29) is 5.57 Å². The third-order valence-corrected chi connectivity index (χ3v) is 2.24. The molecule has 3 N–H and O–H groups in total. The van der Waals surface area contributed by atoms with Gasteiger partial charge in [0, 0.05) is 11.9 Å². The smallest absolute Gasteiger partial charge is 0.267 e. The summed E-state index contributed by atoms with van der Waals surface area (Å²) in [7, 11) is 0. The number of carbonyl (C=O) groups excluding carboxylic acids is 1. The van der Waals surface area contributed by atoms with Crippen LogP contribution in [0.25, 0.3) is 0 Å². The topological polar surface area (TPSA) is 106 Å². The number of nitriles is 1. The van der Waals surface area contributed by atoms with Crippen LogP contribution in [0.4, 0.5) is 16.0 Å². The van der Waals surface area contributed by atoms with Gasteiger partial charge in [0.25, 0.3) is 5.91 Å². The van der Waals surface area contributed by atoms with Crippen molar-refractivity contribution in [1.29, 1.82) is 5.26 Å². The van der Waals surface area contributed by atoms with Gasteiger partial charge in [0.05, 0.1) is 0 Å². The lowest BCUT2D eigenvalue weighted by Crippen LogP contribution is -2.14.